The third-order valence-corrected chi connectivity index (χ3v) is 2.71. The molecule has 0 saturated heterocycles. The van der Waals surface area contributed by atoms with Gasteiger partial charge in [0.15, 0.2) is 0 Å². The Balaban J connectivity index is 2.32. The highest BCUT2D eigenvalue weighted by molar-refractivity contribution is 5.57. The Morgan fingerprint density at radius 3 is 3.00 bits per heavy atom. The summed E-state index contributed by atoms with van der Waals surface area (Å²) < 4.78 is 0. The van der Waals surface area contributed by atoms with Crippen LogP contribution in [-0.4, -0.2) is 0 Å². The van der Waals surface area contributed by atoms with E-state index in [4.69, 9.17) is 0 Å². The van der Waals surface area contributed by atoms with Crippen molar-refractivity contribution < 1.29 is 0 Å². The molecule has 0 nitrogen and oxygen atoms in total. The number of rotatable bonds is 2. The molecule has 1 aliphatic rings. The smallest absolute Gasteiger partial charge is 0.0121 e. The lowest BCUT2D eigenvalue weighted by Gasteiger charge is -2.20. The zero-order chi connectivity index (χ0) is 9.10. The van der Waals surface area contributed by atoms with Crippen molar-refractivity contribution in [2.75, 3.05) is 0 Å². The molecule has 0 aromatic heterocycles. The lowest BCUT2D eigenvalue weighted by atomic mass is 9.84. The van der Waals surface area contributed by atoms with Crippen LogP contribution in [0.15, 0.2) is 30.3 Å². The Labute approximate surface area is 80.3 Å². The first kappa shape index (κ1) is 8.55. The molecule has 1 aliphatic carbocycles. The predicted molar refractivity (Wildman–Crippen MR) is 57.4 cm³/mol. The molecule has 0 heterocycles. The van der Waals surface area contributed by atoms with Crippen molar-refractivity contribution in [3.8, 4) is 0 Å². The van der Waals surface area contributed by atoms with Crippen LogP contribution in [0.4, 0.5) is 0 Å². The van der Waals surface area contributed by atoms with Gasteiger partial charge in [-0.15, -0.1) is 0 Å². The van der Waals surface area contributed by atoms with Gasteiger partial charge in [-0.05, 0) is 29.9 Å². The molecule has 0 N–H and O–H groups in total. The van der Waals surface area contributed by atoms with Crippen LogP contribution in [0, 0.1) is 6.92 Å². The van der Waals surface area contributed by atoms with Gasteiger partial charge in [0.1, 0.15) is 0 Å². The highest BCUT2D eigenvalue weighted by Crippen LogP contribution is 2.32. The Morgan fingerprint density at radius 2 is 2.15 bits per heavy atom. The second-order valence-electron chi connectivity index (χ2n) is 3.61. The number of hydrogen-bond acceptors (Lipinski definition) is 0. The quantitative estimate of drug-likeness (QED) is 0.635. The molecule has 67 valence electrons. The van der Waals surface area contributed by atoms with Gasteiger partial charge in [0.25, 0.3) is 0 Å². The van der Waals surface area contributed by atoms with E-state index >= 15 is 0 Å². The van der Waals surface area contributed by atoms with Gasteiger partial charge in [-0.3, -0.25) is 0 Å². The summed E-state index contributed by atoms with van der Waals surface area (Å²) in [5.41, 5.74) is 2.90. The Hall–Kier alpha value is -1.04. The van der Waals surface area contributed by atoms with E-state index in [1.165, 1.54) is 24.0 Å². The number of benzene rings is 1. The molecule has 0 spiro atoms. The fourth-order valence-electron chi connectivity index (χ4n) is 2.04. The fraction of sp³-hybridized carbons (Fsp3) is 0.308. The SMILES string of the molecule is [CH2]CCC1CC=Cc2ccccc21. The van der Waals surface area contributed by atoms with Gasteiger partial charge in [-0.25, -0.2) is 0 Å². The normalized spacial score (nSPS) is 19.9. The summed E-state index contributed by atoms with van der Waals surface area (Å²) in [5, 5.41) is 0. The fourth-order valence-corrected chi connectivity index (χ4v) is 2.04. The van der Waals surface area contributed by atoms with Gasteiger partial charge in [-0.2, -0.15) is 0 Å². The van der Waals surface area contributed by atoms with Crippen LogP contribution < -0.4 is 0 Å². The summed E-state index contributed by atoms with van der Waals surface area (Å²) in [5.74, 6) is 0.707. The molecule has 1 aromatic rings. The van der Waals surface area contributed by atoms with Gasteiger partial charge in [0.05, 0.1) is 0 Å². The standard InChI is InChI=1S/C13H15/c1-2-6-11-8-5-9-12-7-3-4-10-13(11)12/h3-5,7,9-11H,1-2,6,8H2. The zero-order valence-electron chi connectivity index (χ0n) is 7.87. The average molecular weight is 171 g/mol. The maximum Gasteiger partial charge on any atom is -0.0121 e. The third-order valence-electron chi connectivity index (χ3n) is 2.71. The van der Waals surface area contributed by atoms with Gasteiger partial charge < -0.3 is 0 Å². The maximum atomic E-state index is 3.93. The lowest BCUT2D eigenvalue weighted by molar-refractivity contribution is 0.634. The maximum absolute atomic E-state index is 3.93. The van der Waals surface area contributed by atoms with Crippen molar-refractivity contribution in [3.63, 3.8) is 0 Å². The summed E-state index contributed by atoms with van der Waals surface area (Å²) in [6.45, 7) is 3.93. The highest BCUT2D eigenvalue weighted by Gasteiger charge is 2.14. The monoisotopic (exact) mass is 171 g/mol. The van der Waals surface area contributed by atoms with Crippen LogP contribution in [0.25, 0.3) is 6.08 Å². The van der Waals surface area contributed by atoms with Gasteiger partial charge in [0.2, 0.25) is 0 Å². The first-order chi connectivity index (χ1) is 6.42. The second-order valence-corrected chi connectivity index (χ2v) is 3.61. The van der Waals surface area contributed by atoms with E-state index in [9.17, 15) is 0 Å². The van der Waals surface area contributed by atoms with Gasteiger partial charge >= 0.3 is 0 Å². The number of allylic oxidation sites excluding steroid dienone is 1. The molecule has 1 aromatic carbocycles. The molecular formula is C13H15. The molecule has 2 rings (SSSR count). The second kappa shape index (κ2) is 3.78. The number of fused-ring (bicyclic) bond motifs is 1. The van der Waals surface area contributed by atoms with E-state index < -0.39 is 0 Å². The third kappa shape index (κ3) is 1.67. The van der Waals surface area contributed by atoms with Crippen molar-refractivity contribution in [3.05, 3.63) is 48.4 Å². The van der Waals surface area contributed by atoms with Crippen molar-refractivity contribution in [2.24, 2.45) is 0 Å². The number of hydrogen-bond donors (Lipinski definition) is 0. The van der Waals surface area contributed by atoms with Crippen LogP contribution in [0.1, 0.15) is 36.3 Å². The Kier molecular flexibility index (Phi) is 2.49. The molecule has 1 radical (unpaired) electrons. The van der Waals surface area contributed by atoms with Crippen LogP contribution >= 0.6 is 0 Å². The molecule has 0 fully saturated rings. The van der Waals surface area contributed by atoms with Crippen LogP contribution in [0.3, 0.4) is 0 Å². The van der Waals surface area contributed by atoms with E-state index in [1.54, 1.807) is 0 Å². The largest absolute Gasteiger partial charge is 0.0833 e. The van der Waals surface area contributed by atoms with Crippen molar-refractivity contribution in [1.29, 1.82) is 0 Å². The van der Waals surface area contributed by atoms with Crippen LogP contribution in [0.5, 0.6) is 0 Å². The van der Waals surface area contributed by atoms with Gasteiger partial charge in [-0.1, -0.05) is 49.8 Å². The molecule has 1 atom stereocenters. The lowest BCUT2D eigenvalue weighted by Crippen LogP contribution is -2.02. The first-order valence-electron chi connectivity index (χ1n) is 4.96. The van der Waals surface area contributed by atoms with E-state index in [1.807, 2.05) is 0 Å². The Morgan fingerprint density at radius 1 is 1.31 bits per heavy atom. The average Bonchev–Trinajstić information content (AvgIpc) is 2.19. The summed E-state index contributed by atoms with van der Waals surface area (Å²) in [6, 6.07) is 8.68. The molecule has 0 saturated carbocycles. The van der Waals surface area contributed by atoms with Crippen LogP contribution in [-0.2, 0) is 0 Å². The van der Waals surface area contributed by atoms with E-state index in [2.05, 4.69) is 43.3 Å². The summed E-state index contributed by atoms with van der Waals surface area (Å²) in [7, 11) is 0. The topological polar surface area (TPSA) is 0 Å². The summed E-state index contributed by atoms with van der Waals surface area (Å²) >= 11 is 0. The minimum Gasteiger partial charge on any atom is -0.0833 e. The zero-order valence-corrected chi connectivity index (χ0v) is 7.87. The molecule has 0 bridgehead atoms. The summed E-state index contributed by atoms with van der Waals surface area (Å²) in [4.78, 5) is 0. The first-order valence-corrected chi connectivity index (χ1v) is 4.96. The van der Waals surface area contributed by atoms with Crippen molar-refractivity contribution >= 4 is 6.08 Å². The van der Waals surface area contributed by atoms with E-state index in [0.29, 0.717) is 5.92 Å². The van der Waals surface area contributed by atoms with E-state index in [-0.39, 0.29) is 0 Å². The minimum atomic E-state index is 0.707. The Bertz CT molecular complexity index is 310. The van der Waals surface area contributed by atoms with Gasteiger partial charge in [0, 0.05) is 0 Å². The minimum absolute atomic E-state index is 0.707. The summed E-state index contributed by atoms with van der Waals surface area (Å²) in [6.07, 6.45) is 7.94. The molecule has 1 unspecified atom stereocenters. The predicted octanol–water partition coefficient (Wildman–Crippen LogP) is 3.80. The molecule has 0 aliphatic heterocycles. The van der Waals surface area contributed by atoms with Crippen LogP contribution in [0.2, 0.25) is 0 Å². The van der Waals surface area contributed by atoms with Crippen molar-refractivity contribution in [2.45, 2.75) is 25.2 Å². The molecule has 0 heteroatoms. The van der Waals surface area contributed by atoms with E-state index in [0.717, 1.165) is 6.42 Å². The van der Waals surface area contributed by atoms with Crippen molar-refractivity contribution in [1.82, 2.24) is 0 Å². The highest BCUT2D eigenvalue weighted by atomic mass is 14.2. The molecule has 13 heavy (non-hydrogen) atoms. The molecular weight excluding hydrogens is 156 g/mol. The molecule has 0 amide bonds.